The Morgan fingerprint density at radius 2 is 1.92 bits per heavy atom. The number of rotatable bonds is 6. The first kappa shape index (κ1) is 18.4. The van der Waals surface area contributed by atoms with E-state index in [0.717, 1.165) is 0 Å². The Bertz CT molecular complexity index is 913. The number of aryl methyl sites for hydroxylation is 1. The lowest BCUT2D eigenvalue weighted by atomic mass is 10.2. The number of esters is 1. The molecule has 0 saturated heterocycles. The minimum atomic E-state index is -0.419. The second-order valence-electron chi connectivity index (χ2n) is 5.42. The monoisotopic (exact) mass is 394 g/mol. The number of hydrogen-bond acceptors (Lipinski definition) is 5. The third-order valence-corrected chi connectivity index (χ3v) is 4.10. The summed E-state index contributed by atoms with van der Waals surface area (Å²) >= 11 is 11.8. The van der Waals surface area contributed by atoms with Crippen LogP contribution in [0.2, 0.25) is 10.0 Å². The number of carbonyl (C=O) groups is 1. The Hall–Kier alpha value is -2.44. The van der Waals surface area contributed by atoms with Crippen LogP contribution in [0.1, 0.15) is 17.9 Å². The van der Waals surface area contributed by atoms with Crippen molar-refractivity contribution in [1.29, 1.82) is 0 Å². The van der Waals surface area contributed by atoms with E-state index >= 15 is 0 Å². The standard InChI is InChI=1S/C18H13Cl2FN2O3/c19-13-4-1-12(15(20)9-13)10-25-17(24)8-7-16-22-18(23-26-16)11-2-5-14(21)6-3-11/h1-6,9H,7-8,10H2. The number of benzene rings is 2. The molecule has 0 radical (unpaired) electrons. The number of halogens is 3. The molecule has 0 spiro atoms. The Labute approximate surface area is 158 Å². The lowest BCUT2D eigenvalue weighted by Crippen LogP contribution is -2.06. The SMILES string of the molecule is O=C(CCc1nc(-c2ccc(F)cc2)no1)OCc1ccc(Cl)cc1Cl. The van der Waals surface area contributed by atoms with Gasteiger partial charge in [-0.2, -0.15) is 4.98 Å². The van der Waals surface area contributed by atoms with Crippen molar-refractivity contribution in [3.05, 3.63) is 69.8 Å². The molecule has 26 heavy (non-hydrogen) atoms. The van der Waals surface area contributed by atoms with Gasteiger partial charge >= 0.3 is 5.97 Å². The van der Waals surface area contributed by atoms with Crippen LogP contribution in [0.4, 0.5) is 4.39 Å². The van der Waals surface area contributed by atoms with Crippen molar-refractivity contribution in [2.24, 2.45) is 0 Å². The van der Waals surface area contributed by atoms with Gasteiger partial charge in [-0.1, -0.05) is 34.4 Å². The van der Waals surface area contributed by atoms with E-state index in [0.29, 0.717) is 32.9 Å². The molecule has 1 aromatic heterocycles. The Kier molecular flexibility index (Phi) is 5.85. The molecule has 3 aromatic rings. The molecule has 2 aromatic carbocycles. The fourth-order valence-electron chi connectivity index (χ4n) is 2.15. The molecular weight excluding hydrogens is 382 g/mol. The molecular formula is C18H13Cl2FN2O3. The van der Waals surface area contributed by atoms with Crippen LogP contribution >= 0.6 is 23.2 Å². The molecule has 1 heterocycles. The molecule has 0 aliphatic heterocycles. The van der Waals surface area contributed by atoms with Crippen LogP contribution in [0.15, 0.2) is 47.0 Å². The van der Waals surface area contributed by atoms with Gasteiger partial charge in [-0.25, -0.2) is 4.39 Å². The highest BCUT2D eigenvalue weighted by Crippen LogP contribution is 2.22. The molecule has 0 aliphatic carbocycles. The van der Waals surface area contributed by atoms with Crippen molar-refractivity contribution in [3.63, 3.8) is 0 Å². The highest BCUT2D eigenvalue weighted by Gasteiger charge is 2.12. The fraction of sp³-hybridized carbons (Fsp3) is 0.167. The van der Waals surface area contributed by atoms with E-state index in [1.54, 1.807) is 30.3 Å². The summed E-state index contributed by atoms with van der Waals surface area (Å²) in [5.41, 5.74) is 1.29. The average molecular weight is 395 g/mol. The molecule has 0 unspecified atom stereocenters. The van der Waals surface area contributed by atoms with Crippen LogP contribution in [0.5, 0.6) is 0 Å². The third kappa shape index (κ3) is 4.80. The number of ether oxygens (including phenoxy) is 1. The van der Waals surface area contributed by atoms with Crippen LogP contribution in [0.25, 0.3) is 11.4 Å². The molecule has 0 N–H and O–H groups in total. The van der Waals surface area contributed by atoms with Crippen molar-refractivity contribution in [2.75, 3.05) is 0 Å². The highest BCUT2D eigenvalue weighted by atomic mass is 35.5. The highest BCUT2D eigenvalue weighted by molar-refractivity contribution is 6.35. The first-order valence-electron chi connectivity index (χ1n) is 7.69. The molecule has 5 nitrogen and oxygen atoms in total. The van der Waals surface area contributed by atoms with Gasteiger partial charge in [-0.05, 0) is 36.4 Å². The van der Waals surface area contributed by atoms with E-state index < -0.39 is 5.97 Å². The molecule has 0 atom stereocenters. The predicted molar refractivity (Wildman–Crippen MR) is 94.3 cm³/mol. The molecule has 0 fully saturated rings. The number of aromatic nitrogens is 2. The molecule has 8 heteroatoms. The Balaban J connectivity index is 1.51. The normalized spacial score (nSPS) is 10.7. The van der Waals surface area contributed by atoms with Crippen LogP contribution in [-0.2, 0) is 22.6 Å². The maximum absolute atomic E-state index is 12.9. The second kappa shape index (κ2) is 8.29. The van der Waals surface area contributed by atoms with Crippen molar-refractivity contribution in [3.8, 4) is 11.4 Å². The second-order valence-corrected chi connectivity index (χ2v) is 6.26. The molecule has 0 aliphatic rings. The van der Waals surface area contributed by atoms with Gasteiger partial charge in [0.25, 0.3) is 0 Å². The average Bonchev–Trinajstić information content (AvgIpc) is 3.09. The van der Waals surface area contributed by atoms with Crippen molar-refractivity contribution in [1.82, 2.24) is 10.1 Å². The summed E-state index contributed by atoms with van der Waals surface area (Å²) in [4.78, 5) is 16.0. The van der Waals surface area contributed by atoms with Gasteiger partial charge in [-0.15, -0.1) is 0 Å². The zero-order chi connectivity index (χ0) is 18.5. The van der Waals surface area contributed by atoms with Crippen LogP contribution in [0.3, 0.4) is 0 Å². The zero-order valence-corrected chi connectivity index (χ0v) is 14.9. The predicted octanol–water partition coefficient (Wildman–Crippen LogP) is 4.86. The molecule has 134 valence electrons. The summed E-state index contributed by atoms with van der Waals surface area (Å²) in [6.07, 6.45) is 0.317. The van der Waals surface area contributed by atoms with Gasteiger partial charge in [0.1, 0.15) is 12.4 Å². The largest absolute Gasteiger partial charge is 0.461 e. The third-order valence-electron chi connectivity index (χ3n) is 3.52. The molecule has 3 rings (SSSR count). The van der Waals surface area contributed by atoms with E-state index in [9.17, 15) is 9.18 Å². The minimum Gasteiger partial charge on any atom is -0.461 e. The van der Waals surface area contributed by atoms with Crippen molar-refractivity contribution >= 4 is 29.2 Å². The maximum Gasteiger partial charge on any atom is 0.306 e. The van der Waals surface area contributed by atoms with Crippen LogP contribution in [0, 0.1) is 5.82 Å². The van der Waals surface area contributed by atoms with Crippen molar-refractivity contribution in [2.45, 2.75) is 19.4 Å². The first-order valence-corrected chi connectivity index (χ1v) is 8.45. The Morgan fingerprint density at radius 1 is 1.15 bits per heavy atom. The summed E-state index contributed by atoms with van der Waals surface area (Å²) in [6, 6.07) is 10.7. The molecule has 0 saturated carbocycles. The fourth-order valence-corrected chi connectivity index (χ4v) is 2.61. The van der Waals surface area contributed by atoms with Crippen LogP contribution in [-0.4, -0.2) is 16.1 Å². The van der Waals surface area contributed by atoms with Gasteiger partial charge in [0, 0.05) is 27.6 Å². The van der Waals surface area contributed by atoms with E-state index in [-0.39, 0.29) is 25.3 Å². The van der Waals surface area contributed by atoms with Crippen LogP contribution < -0.4 is 0 Å². The lowest BCUT2D eigenvalue weighted by molar-refractivity contribution is -0.145. The van der Waals surface area contributed by atoms with Crippen molar-refractivity contribution < 1.29 is 18.4 Å². The summed E-state index contributed by atoms with van der Waals surface area (Å²) in [5, 5.41) is 4.77. The van der Waals surface area contributed by atoms with E-state index in [4.69, 9.17) is 32.5 Å². The summed E-state index contributed by atoms with van der Waals surface area (Å²) in [5.74, 6) is -0.134. The number of nitrogens with zero attached hydrogens (tertiary/aromatic N) is 2. The quantitative estimate of drug-likeness (QED) is 0.558. The van der Waals surface area contributed by atoms with E-state index in [2.05, 4.69) is 10.1 Å². The summed E-state index contributed by atoms with van der Waals surface area (Å²) < 4.78 is 23.2. The van der Waals surface area contributed by atoms with Gasteiger partial charge < -0.3 is 9.26 Å². The van der Waals surface area contributed by atoms with Gasteiger partial charge in [-0.3, -0.25) is 4.79 Å². The minimum absolute atomic E-state index is 0.0551. The topological polar surface area (TPSA) is 65.2 Å². The Morgan fingerprint density at radius 3 is 2.65 bits per heavy atom. The summed E-state index contributed by atoms with van der Waals surface area (Å²) in [7, 11) is 0. The zero-order valence-electron chi connectivity index (χ0n) is 13.4. The smallest absolute Gasteiger partial charge is 0.306 e. The molecule has 0 amide bonds. The number of carbonyl (C=O) groups excluding carboxylic acids is 1. The summed E-state index contributed by atoms with van der Waals surface area (Å²) in [6.45, 7) is 0.0551. The van der Waals surface area contributed by atoms with E-state index in [1.807, 2.05) is 0 Å². The molecule has 0 bridgehead atoms. The van der Waals surface area contributed by atoms with Gasteiger partial charge in [0.2, 0.25) is 11.7 Å². The van der Waals surface area contributed by atoms with Gasteiger partial charge in [0.15, 0.2) is 0 Å². The number of hydrogen-bond donors (Lipinski definition) is 0. The van der Waals surface area contributed by atoms with E-state index in [1.165, 1.54) is 12.1 Å². The maximum atomic E-state index is 12.9. The lowest BCUT2D eigenvalue weighted by Gasteiger charge is -2.06. The van der Waals surface area contributed by atoms with Gasteiger partial charge in [0.05, 0.1) is 6.42 Å². The first-order chi connectivity index (χ1) is 12.5.